The SMILES string of the molecule is FC(F)(F)c1cccc(-c2nnn3c2nc(NCc2cccs2)c2cc(Cl)ccc23)c1. The number of benzene rings is 2. The summed E-state index contributed by atoms with van der Waals surface area (Å²) in [6.07, 6.45) is -4.46. The van der Waals surface area contributed by atoms with E-state index >= 15 is 0 Å². The molecule has 0 bridgehead atoms. The molecule has 0 aliphatic rings. The fourth-order valence-corrected chi connectivity index (χ4v) is 4.15. The predicted octanol–water partition coefficient (Wildman–Crippen LogP) is 6.29. The van der Waals surface area contributed by atoms with Crippen LogP contribution in [0.25, 0.3) is 27.8 Å². The van der Waals surface area contributed by atoms with Crippen molar-refractivity contribution in [3.63, 3.8) is 0 Å². The Balaban J connectivity index is 1.68. The Morgan fingerprint density at radius 1 is 1.06 bits per heavy atom. The number of hydrogen-bond donors (Lipinski definition) is 1. The lowest BCUT2D eigenvalue weighted by molar-refractivity contribution is -0.137. The maximum absolute atomic E-state index is 13.2. The van der Waals surface area contributed by atoms with Crippen molar-refractivity contribution >= 4 is 45.3 Å². The molecule has 0 saturated heterocycles. The monoisotopic (exact) mass is 459 g/mol. The maximum Gasteiger partial charge on any atom is 0.416 e. The number of fused-ring (bicyclic) bond motifs is 3. The number of nitrogens with one attached hydrogen (secondary N) is 1. The van der Waals surface area contributed by atoms with Crippen LogP contribution in [0.5, 0.6) is 0 Å². The molecule has 5 rings (SSSR count). The molecule has 31 heavy (non-hydrogen) atoms. The molecule has 3 heterocycles. The van der Waals surface area contributed by atoms with Crippen LogP contribution < -0.4 is 5.32 Å². The second-order valence-corrected chi connectivity index (χ2v) is 8.28. The van der Waals surface area contributed by atoms with E-state index in [9.17, 15) is 13.2 Å². The predicted molar refractivity (Wildman–Crippen MR) is 115 cm³/mol. The van der Waals surface area contributed by atoms with E-state index in [1.807, 2.05) is 17.5 Å². The van der Waals surface area contributed by atoms with Gasteiger partial charge in [-0.1, -0.05) is 35.0 Å². The summed E-state index contributed by atoms with van der Waals surface area (Å²) in [6, 6.07) is 14.2. The quantitative estimate of drug-likeness (QED) is 0.343. The summed E-state index contributed by atoms with van der Waals surface area (Å²) < 4.78 is 41.1. The zero-order chi connectivity index (χ0) is 21.6. The van der Waals surface area contributed by atoms with Gasteiger partial charge in [-0.2, -0.15) is 17.7 Å². The normalized spacial score (nSPS) is 12.0. The molecule has 10 heteroatoms. The Labute approximate surface area is 183 Å². The minimum absolute atomic E-state index is 0.266. The second-order valence-electron chi connectivity index (χ2n) is 6.81. The molecule has 0 aliphatic heterocycles. The van der Waals surface area contributed by atoms with Crippen LogP contribution in [0, 0.1) is 0 Å². The summed E-state index contributed by atoms with van der Waals surface area (Å²) in [5.41, 5.74) is 0.836. The minimum Gasteiger partial charge on any atom is -0.365 e. The highest BCUT2D eigenvalue weighted by molar-refractivity contribution is 7.09. The molecular weight excluding hydrogens is 447 g/mol. The lowest BCUT2D eigenvalue weighted by atomic mass is 10.1. The van der Waals surface area contributed by atoms with Crippen LogP contribution in [0.3, 0.4) is 0 Å². The van der Waals surface area contributed by atoms with Crippen LogP contribution in [0.2, 0.25) is 5.02 Å². The van der Waals surface area contributed by atoms with Gasteiger partial charge in [0, 0.05) is 20.8 Å². The molecule has 5 aromatic rings. The molecule has 0 unspecified atom stereocenters. The van der Waals surface area contributed by atoms with Crippen molar-refractivity contribution in [2.75, 3.05) is 5.32 Å². The molecule has 3 aromatic heterocycles. The number of halogens is 4. The van der Waals surface area contributed by atoms with E-state index in [0.717, 1.165) is 22.4 Å². The van der Waals surface area contributed by atoms with Crippen molar-refractivity contribution in [2.24, 2.45) is 0 Å². The summed E-state index contributed by atoms with van der Waals surface area (Å²) in [5, 5.41) is 14.8. The molecule has 0 radical (unpaired) electrons. The average Bonchev–Trinajstić information content (AvgIpc) is 3.41. The molecule has 0 spiro atoms. The standard InChI is InChI=1S/C21H13ClF3N5S/c22-14-6-7-17-16(10-14)19(26-11-15-5-2-8-31-15)27-20-18(28-29-30(17)20)12-3-1-4-13(9-12)21(23,24)25/h1-10H,11H2,(H,26,27). The molecule has 0 saturated carbocycles. The van der Waals surface area contributed by atoms with Gasteiger partial charge in [-0.15, -0.1) is 16.4 Å². The van der Waals surface area contributed by atoms with Crippen LogP contribution in [0.4, 0.5) is 19.0 Å². The van der Waals surface area contributed by atoms with Crippen molar-refractivity contribution in [1.82, 2.24) is 19.8 Å². The Morgan fingerprint density at radius 3 is 2.71 bits per heavy atom. The topological polar surface area (TPSA) is 55.1 Å². The molecule has 0 atom stereocenters. The Morgan fingerprint density at radius 2 is 1.94 bits per heavy atom. The van der Waals surface area contributed by atoms with Crippen LogP contribution in [-0.4, -0.2) is 19.8 Å². The third kappa shape index (κ3) is 3.70. The van der Waals surface area contributed by atoms with E-state index in [1.165, 1.54) is 10.6 Å². The first-order valence-corrected chi connectivity index (χ1v) is 10.4. The molecule has 2 aromatic carbocycles. The number of anilines is 1. The number of thiophene rings is 1. The second kappa shape index (κ2) is 7.51. The summed E-state index contributed by atoms with van der Waals surface area (Å²) in [5.74, 6) is 0.550. The molecule has 0 fully saturated rings. The van der Waals surface area contributed by atoms with Gasteiger partial charge in [0.2, 0.25) is 0 Å². The van der Waals surface area contributed by atoms with Crippen LogP contribution in [0.15, 0.2) is 60.0 Å². The van der Waals surface area contributed by atoms with Gasteiger partial charge in [-0.05, 0) is 41.8 Å². The number of hydrogen-bond acceptors (Lipinski definition) is 5. The van der Waals surface area contributed by atoms with E-state index in [-0.39, 0.29) is 11.3 Å². The van der Waals surface area contributed by atoms with Gasteiger partial charge in [0.25, 0.3) is 0 Å². The summed E-state index contributed by atoms with van der Waals surface area (Å²) >= 11 is 7.80. The lowest BCUT2D eigenvalue weighted by Gasteiger charge is -2.11. The van der Waals surface area contributed by atoms with Crippen molar-refractivity contribution in [1.29, 1.82) is 0 Å². The van der Waals surface area contributed by atoms with Crippen molar-refractivity contribution in [2.45, 2.75) is 12.7 Å². The largest absolute Gasteiger partial charge is 0.416 e. The zero-order valence-electron chi connectivity index (χ0n) is 15.7. The summed E-state index contributed by atoms with van der Waals surface area (Å²) in [7, 11) is 0. The van der Waals surface area contributed by atoms with E-state index in [4.69, 9.17) is 11.6 Å². The smallest absolute Gasteiger partial charge is 0.365 e. The highest BCUT2D eigenvalue weighted by atomic mass is 35.5. The van der Waals surface area contributed by atoms with E-state index < -0.39 is 11.7 Å². The first-order valence-electron chi connectivity index (χ1n) is 9.19. The number of nitrogens with zero attached hydrogens (tertiary/aromatic N) is 4. The summed E-state index contributed by atoms with van der Waals surface area (Å²) in [6.45, 7) is 0.545. The molecular formula is C21H13ClF3N5S. The van der Waals surface area contributed by atoms with Gasteiger partial charge in [0.1, 0.15) is 11.5 Å². The lowest BCUT2D eigenvalue weighted by Crippen LogP contribution is -2.05. The van der Waals surface area contributed by atoms with Gasteiger partial charge >= 0.3 is 6.18 Å². The van der Waals surface area contributed by atoms with Gasteiger partial charge < -0.3 is 5.32 Å². The molecule has 5 nitrogen and oxygen atoms in total. The molecule has 0 aliphatic carbocycles. The minimum atomic E-state index is -4.46. The Hall–Kier alpha value is -3.17. The fraction of sp³-hybridized carbons (Fsp3) is 0.0952. The van der Waals surface area contributed by atoms with Crippen molar-refractivity contribution in [3.8, 4) is 11.3 Å². The van der Waals surface area contributed by atoms with Crippen LogP contribution in [-0.2, 0) is 12.7 Å². The van der Waals surface area contributed by atoms with E-state index in [0.29, 0.717) is 28.5 Å². The first kappa shape index (κ1) is 19.8. The molecule has 156 valence electrons. The highest BCUT2D eigenvalue weighted by Crippen LogP contribution is 2.34. The molecule has 1 N–H and O–H groups in total. The maximum atomic E-state index is 13.2. The van der Waals surface area contributed by atoms with Gasteiger partial charge in [-0.25, -0.2) is 4.98 Å². The van der Waals surface area contributed by atoms with E-state index in [2.05, 4.69) is 20.6 Å². The van der Waals surface area contributed by atoms with Gasteiger partial charge in [0.15, 0.2) is 5.65 Å². The van der Waals surface area contributed by atoms with Crippen LogP contribution in [0.1, 0.15) is 10.4 Å². The van der Waals surface area contributed by atoms with Crippen LogP contribution >= 0.6 is 22.9 Å². The van der Waals surface area contributed by atoms with E-state index in [1.54, 1.807) is 35.6 Å². The zero-order valence-corrected chi connectivity index (χ0v) is 17.3. The Bertz CT molecular complexity index is 1400. The third-order valence-electron chi connectivity index (χ3n) is 4.78. The number of alkyl halides is 3. The van der Waals surface area contributed by atoms with Gasteiger partial charge in [-0.3, -0.25) is 0 Å². The molecule has 0 amide bonds. The number of rotatable bonds is 4. The van der Waals surface area contributed by atoms with Crippen molar-refractivity contribution in [3.05, 3.63) is 75.4 Å². The first-order chi connectivity index (χ1) is 14.9. The average molecular weight is 460 g/mol. The van der Waals surface area contributed by atoms with Crippen molar-refractivity contribution < 1.29 is 13.2 Å². The highest BCUT2D eigenvalue weighted by Gasteiger charge is 2.31. The fourth-order valence-electron chi connectivity index (χ4n) is 3.34. The third-order valence-corrected chi connectivity index (χ3v) is 5.89. The summed E-state index contributed by atoms with van der Waals surface area (Å²) in [4.78, 5) is 5.78. The number of aromatic nitrogens is 4. The Kier molecular flexibility index (Phi) is 4.79. The van der Waals surface area contributed by atoms with Gasteiger partial charge in [0.05, 0.1) is 17.6 Å².